The molecule has 3 heterocycles. The number of anilines is 3. The van der Waals surface area contributed by atoms with Gasteiger partial charge in [0.25, 0.3) is 0 Å². The van der Waals surface area contributed by atoms with E-state index in [-0.39, 0.29) is 0 Å². The molecule has 2 aliphatic rings. The fourth-order valence-corrected chi connectivity index (χ4v) is 9.10. The summed E-state index contributed by atoms with van der Waals surface area (Å²) in [6.45, 7) is 0. The molecule has 12 rings (SSSR count). The SMILES string of the molecule is c1ccc2c(c1)Oc1c(oc3ccc(N(c4ccc5ccccc5c4)c4cccc5oc6ccccc6c45)cc13)C21c2ccccc2-c2ccccc21. The molecule has 4 heteroatoms. The van der Waals surface area contributed by atoms with Crippen molar-refractivity contribution in [3.63, 3.8) is 0 Å². The highest BCUT2D eigenvalue weighted by Gasteiger charge is 2.54. The summed E-state index contributed by atoms with van der Waals surface area (Å²) >= 11 is 0. The Bertz CT molecular complexity index is 3080. The third kappa shape index (κ3) is 3.79. The van der Waals surface area contributed by atoms with Crippen LogP contribution in [0.1, 0.15) is 22.5 Å². The minimum absolute atomic E-state index is 0.671. The average molecular weight is 680 g/mol. The first-order valence-corrected chi connectivity index (χ1v) is 18.0. The van der Waals surface area contributed by atoms with E-state index in [1.807, 2.05) is 12.1 Å². The van der Waals surface area contributed by atoms with Gasteiger partial charge in [0.15, 0.2) is 11.5 Å². The minimum atomic E-state index is -0.671. The summed E-state index contributed by atoms with van der Waals surface area (Å²) in [5.74, 6) is 2.39. The number of rotatable bonds is 3. The van der Waals surface area contributed by atoms with Gasteiger partial charge < -0.3 is 18.5 Å². The van der Waals surface area contributed by atoms with Crippen molar-refractivity contribution in [3.05, 3.63) is 198 Å². The molecule has 1 aliphatic heterocycles. The predicted octanol–water partition coefficient (Wildman–Crippen LogP) is 13.4. The molecule has 1 spiro atoms. The zero-order valence-corrected chi connectivity index (χ0v) is 28.4. The summed E-state index contributed by atoms with van der Waals surface area (Å²) in [5, 5.41) is 5.42. The van der Waals surface area contributed by atoms with Gasteiger partial charge in [0.2, 0.25) is 0 Å². The summed E-state index contributed by atoms with van der Waals surface area (Å²) in [4.78, 5) is 2.34. The fraction of sp³-hybridized carbons (Fsp3) is 0.0204. The van der Waals surface area contributed by atoms with Gasteiger partial charge in [-0.1, -0.05) is 121 Å². The van der Waals surface area contributed by atoms with E-state index in [1.165, 1.54) is 33.0 Å². The molecule has 0 bridgehead atoms. The van der Waals surface area contributed by atoms with Crippen molar-refractivity contribution >= 4 is 60.7 Å². The highest BCUT2D eigenvalue weighted by Crippen LogP contribution is 2.64. The van der Waals surface area contributed by atoms with Crippen LogP contribution in [0.4, 0.5) is 17.1 Å². The Labute approximate surface area is 304 Å². The monoisotopic (exact) mass is 679 g/mol. The molecule has 0 unspecified atom stereocenters. The van der Waals surface area contributed by atoms with Gasteiger partial charge in [-0.2, -0.15) is 0 Å². The van der Waals surface area contributed by atoms with Gasteiger partial charge in [-0.05, 0) is 87.6 Å². The van der Waals surface area contributed by atoms with E-state index in [0.717, 1.165) is 72.8 Å². The molecule has 2 aromatic heterocycles. The molecular formula is C49H29NO3. The third-order valence-electron chi connectivity index (χ3n) is 11.3. The molecule has 4 nitrogen and oxygen atoms in total. The summed E-state index contributed by atoms with van der Waals surface area (Å²) in [6.07, 6.45) is 0. The number of nitrogens with zero attached hydrogens (tertiary/aromatic N) is 1. The maximum Gasteiger partial charge on any atom is 0.178 e. The summed E-state index contributed by atoms with van der Waals surface area (Å²) < 4.78 is 20.4. The maximum absolute atomic E-state index is 7.06. The zero-order valence-electron chi connectivity index (χ0n) is 28.4. The standard InChI is InChI=1S/C49H29NO3/c1-2-13-31-28-32(25-24-30(31)12-1)50(41-20-11-23-45-46(41)36-16-5-9-21-42(36)51-45)33-26-27-43-37(29-33)47-48(53-43)49(40-19-8-10-22-44(40)52-47)38-17-6-3-14-34(38)35-15-4-7-18-39(35)49/h1-29H. The molecule has 0 fully saturated rings. The quantitative estimate of drug-likeness (QED) is 0.186. The van der Waals surface area contributed by atoms with Gasteiger partial charge in [0.05, 0.1) is 16.5 Å². The van der Waals surface area contributed by atoms with Crippen molar-refractivity contribution in [3.8, 4) is 22.6 Å². The van der Waals surface area contributed by atoms with Crippen LogP contribution >= 0.6 is 0 Å². The van der Waals surface area contributed by atoms with Crippen molar-refractivity contribution in [1.82, 2.24) is 0 Å². The van der Waals surface area contributed by atoms with E-state index in [9.17, 15) is 0 Å². The number of para-hydroxylation sites is 2. The Morgan fingerprint density at radius 1 is 0.434 bits per heavy atom. The number of hydrogen-bond donors (Lipinski definition) is 0. The molecule has 0 N–H and O–H groups in total. The van der Waals surface area contributed by atoms with Crippen LogP contribution in [0, 0.1) is 0 Å². The van der Waals surface area contributed by atoms with Crippen LogP contribution in [0.2, 0.25) is 0 Å². The molecule has 8 aromatic carbocycles. The number of fused-ring (bicyclic) bond motifs is 15. The second-order valence-electron chi connectivity index (χ2n) is 14.0. The summed E-state index contributed by atoms with van der Waals surface area (Å²) in [5.41, 5.74) is 10.8. The Morgan fingerprint density at radius 3 is 1.92 bits per heavy atom. The molecule has 0 radical (unpaired) electrons. The van der Waals surface area contributed by atoms with Gasteiger partial charge in [0, 0.05) is 22.3 Å². The van der Waals surface area contributed by atoms with E-state index in [0.29, 0.717) is 0 Å². The van der Waals surface area contributed by atoms with Gasteiger partial charge in [-0.25, -0.2) is 0 Å². The van der Waals surface area contributed by atoms with Crippen LogP contribution in [0.15, 0.2) is 185 Å². The van der Waals surface area contributed by atoms with Crippen LogP contribution in [0.5, 0.6) is 11.5 Å². The first-order chi connectivity index (χ1) is 26.3. The maximum atomic E-state index is 7.06. The minimum Gasteiger partial charge on any atom is -0.456 e. The van der Waals surface area contributed by atoms with Gasteiger partial charge in [0.1, 0.15) is 27.9 Å². The van der Waals surface area contributed by atoms with Crippen LogP contribution in [-0.4, -0.2) is 0 Å². The Hall–Kier alpha value is -7.04. The first kappa shape index (κ1) is 28.6. The van der Waals surface area contributed by atoms with Crippen LogP contribution in [0.3, 0.4) is 0 Å². The first-order valence-electron chi connectivity index (χ1n) is 18.0. The van der Waals surface area contributed by atoms with Gasteiger partial charge in [-0.3, -0.25) is 0 Å². The molecule has 0 saturated heterocycles. The second kappa shape index (κ2) is 10.5. The van der Waals surface area contributed by atoms with E-state index in [2.05, 4.69) is 169 Å². The molecule has 1 aliphatic carbocycles. The fourth-order valence-electron chi connectivity index (χ4n) is 9.10. The topological polar surface area (TPSA) is 38.8 Å². The molecule has 10 aromatic rings. The highest BCUT2D eigenvalue weighted by atomic mass is 16.5. The van der Waals surface area contributed by atoms with Crippen molar-refractivity contribution in [2.45, 2.75) is 5.41 Å². The number of hydrogen-bond acceptors (Lipinski definition) is 4. The zero-order chi connectivity index (χ0) is 34.7. The van der Waals surface area contributed by atoms with Crippen LogP contribution in [0.25, 0.3) is 54.8 Å². The van der Waals surface area contributed by atoms with Gasteiger partial charge >= 0.3 is 0 Å². The van der Waals surface area contributed by atoms with Crippen molar-refractivity contribution in [2.75, 3.05) is 4.90 Å². The van der Waals surface area contributed by atoms with E-state index < -0.39 is 5.41 Å². The van der Waals surface area contributed by atoms with E-state index in [4.69, 9.17) is 13.6 Å². The number of ether oxygens (including phenoxy) is 1. The molecule has 248 valence electrons. The van der Waals surface area contributed by atoms with Crippen molar-refractivity contribution in [2.24, 2.45) is 0 Å². The molecule has 53 heavy (non-hydrogen) atoms. The lowest BCUT2D eigenvalue weighted by Crippen LogP contribution is -2.31. The lowest BCUT2D eigenvalue weighted by molar-refractivity contribution is 0.389. The normalized spacial score (nSPS) is 13.6. The molecule has 0 atom stereocenters. The second-order valence-corrected chi connectivity index (χ2v) is 14.0. The van der Waals surface area contributed by atoms with Gasteiger partial charge in [-0.15, -0.1) is 0 Å². The van der Waals surface area contributed by atoms with E-state index >= 15 is 0 Å². The van der Waals surface area contributed by atoms with Crippen molar-refractivity contribution < 1.29 is 13.6 Å². The average Bonchev–Trinajstić information content (AvgIpc) is 3.87. The molecule has 0 amide bonds. The predicted molar refractivity (Wildman–Crippen MR) is 213 cm³/mol. The Balaban J connectivity index is 1.15. The highest BCUT2D eigenvalue weighted by molar-refractivity contribution is 6.14. The van der Waals surface area contributed by atoms with Crippen LogP contribution in [-0.2, 0) is 5.41 Å². The lowest BCUT2D eigenvalue weighted by atomic mass is 9.69. The lowest BCUT2D eigenvalue weighted by Gasteiger charge is -2.36. The van der Waals surface area contributed by atoms with Crippen molar-refractivity contribution in [1.29, 1.82) is 0 Å². The number of furan rings is 2. The smallest absolute Gasteiger partial charge is 0.178 e. The third-order valence-corrected chi connectivity index (χ3v) is 11.3. The largest absolute Gasteiger partial charge is 0.456 e. The summed E-state index contributed by atoms with van der Waals surface area (Å²) in [6, 6.07) is 62.1. The Morgan fingerprint density at radius 2 is 1.08 bits per heavy atom. The molecule has 0 saturated carbocycles. The van der Waals surface area contributed by atoms with E-state index in [1.54, 1.807) is 0 Å². The molecular weight excluding hydrogens is 651 g/mol. The Kier molecular flexibility index (Phi) is 5.67. The van der Waals surface area contributed by atoms with Crippen LogP contribution < -0.4 is 9.64 Å². The summed E-state index contributed by atoms with van der Waals surface area (Å²) in [7, 11) is 0. The number of benzene rings is 8.